The van der Waals surface area contributed by atoms with Crippen molar-refractivity contribution in [1.29, 1.82) is 0 Å². The number of thiazole rings is 1. The van der Waals surface area contributed by atoms with Gasteiger partial charge in [-0.15, -0.1) is 29.6 Å². The molecule has 13 heteroatoms. The van der Waals surface area contributed by atoms with Crippen LogP contribution in [0.2, 0.25) is 0 Å². The lowest BCUT2D eigenvalue weighted by Gasteiger charge is -2.25. The van der Waals surface area contributed by atoms with Crippen molar-refractivity contribution in [3.63, 3.8) is 0 Å². The van der Waals surface area contributed by atoms with E-state index in [0.29, 0.717) is 30.5 Å². The molecular formula is C22H19F3N6O3S. The standard InChI is InChI=1S/C22H19F3N6O3S/c23-22(24,25)34-16-4-1-3-14(11-16)18-27-19-17(5-2-6-31(19)29-18)20(32)28-21-26-15(13-35-21)12-30-7-9-33-10-8-30/h1-6,11,13H,7-10,12H2,(H,26,28,32). The van der Waals surface area contributed by atoms with Crippen molar-refractivity contribution >= 4 is 28.0 Å². The number of hydrogen-bond donors (Lipinski definition) is 1. The first kappa shape index (κ1) is 23.2. The van der Waals surface area contributed by atoms with E-state index in [1.165, 1.54) is 34.1 Å². The molecule has 0 saturated carbocycles. The molecule has 1 amide bonds. The molecule has 1 N–H and O–H groups in total. The van der Waals surface area contributed by atoms with Gasteiger partial charge in [0, 0.05) is 36.8 Å². The van der Waals surface area contributed by atoms with Crippen molar-refractivity contribution in [1.82, 2.24) is 24.5 Å². The Labute approximate surface area is 201 Å². The first-order chi connectivity index (χ1) is 16.8. The Morgan fingerprint density at radius 2 is 2.00 bits per heavy atom. The number of benzene rings is 1. The quantitative estimate of drug-likeness (QED) is 0.427. The van der Waals surface area contributed by atoms with Gasteiger partial charge in [-0.05, 0) is 24.3 Å². The van der Waals surface area contributed by atoms with Crippen molar-refractivity contribution in [2.24, 2.45) is 0 Å². The summed E-state index contributed by atoms with van der Waals surface area (Å²) >= 11 is 1.33. The van der Waals surface area contributed by atoms with Crippen LogP contribution in [-0.2, 0) is 11.3 Å². The lowest BCUT2D eigenvalue weighted by atomic mass is 10.2. The Balaban J connectivity index is 1.34. The molecule has 0 spiro atoms. The van der Waals surface area contributed by atoms with Crippen molar-refractivity contribution < 1.29 is 27.4 Å². The summed E-state index contributed by atoms with van der Waals surface area (Å²) in [5, 5.41) is 9.45. The number of carbonyl (C=O) groups is 1. The van der Waals surface area contributed by atoms with E-state index < -0.39 is 12.3 Å². The molecule has 0 radical (unpaired) electrons. The number of morpholine rings is 1. The van der Waals surface area contributed by atoms with E-state index in [-0.39, 0.29) is 22.8 Å². The zero-order valence-electron chi connectivity index (χ0n) is 18.2. The van der Waals surface area contributed by atoms with Gasteiger partial charge < -0.3 is 9.47 Å². The highest BCUT2D eigenvalue weighted by atomic mass is 32.1. The normalized spacial score (nSPS) is 14.8. The molecule has 1 aromatic carbocycles. The number of halogens is 3. The summed E-state index contributed by atoms with van der Waals surface area (Å²) in [5.41, 5.74) is 1.68. The highest BCUT2D eigenvalue weighted by molar-refractivity contribution is 7.14. The number of pyridine rings is 1. The van der Waals surface area contributed by atoms with Gasteiger partial charge in [-0.25, -0.2) is 14.5 Å². The molecule has 5 rings (SSSR count). The SMILES string of the molecule is O=C(Nc1nc(CN2CCOCC2)cs1)c1cccn2nc(-c3cccc(OC(F)(F)F)c3)nc12. The van der Waals surface area contributed by atoms with Gasteiger partial charge in [-0.2, -0.15) is 0 Å². The van der Waals surface area contributed by atoms with Gasteiger partial charge in [0.2, 0.25) is 0 Å². The molecule has 9 nitrogen and oxygen atoms in total. The lowest BCUT2D eigenvalue weighted by Crippen LogP contribution is -2.35. The molecule has 1 fully saturated rings. The Kier molecular flexibility index (Phi) is 6.36. The molecule has 35 heavy (non-hydrogen) atoms. The van der Waals surface area contributed by atoms with Gasteiger partial charge in [0.05, 0.1) is 24.5 Å². The van der Waals surface area contributed by atoms with Crippen molar-refractivity contribution in [3.05, 3.63) is 59.2 Å². The summed E-state index contributed by atoms with van der Waals surface area (Å²) in [6.45, 7) is 3.73. The van der Waals surface area contributed by atoms with Gasteiger partial charge in [0.15, 0.2) is 16.6 Å². The maximum atomic E-state index is 13.0. The average Bonchev–Trinajstić information content (AvgIpc) is 3.45. The van der Waals surface area contributed by atoms with Crippen LogP contribution in [0.5, 0.6) is 5.75 Å². The number of alkyl halides is 3. The van der Waals surface area contributed by atoms with E-state index >= 15 is 0 Å². The fourth-order valence-corrected chi connectivity index (χ4v) is 4.32. The molecular weight excluding hydrogens is 485 g/mol. The number of nitrogens with one attached hydrogen (secondary N) is 1. The fourth-order valence-electron chi connectivity index (χ4n) is 3.63. The molecule has 1 aliphatic heterocycles. The highest BCUT2D eigenvalue weighted by Gasteiger charge is 2.31. The van der Waals surface area contributed by atoms with E-state index in [9.17, 15) is 18.0 Å². The smallest absolute Gasteiger partial charge is 0.406 e. The summed E-state index contributed by atoms with van der Waals surface area (Å²) < 4.78 is 48.4. The van der Waals surface area contributed by atoms with Crippen LogP contribution in [0.15, 0.2) is 48.0 Å². The molecule has 0 bridgehead atoms. The summed E-state index contributed by atoms with van der Waals surface area (Å²) in [6.07, 6.45) is -3.21. The third-order valence-corrected chi connectivity index (χ3v) is 6.00. The molecule has 0 unspecified atom stereocenters. The van der Waals surface area contributed by atoms with Crippen LogP contribution >= 0.6 is 11.3 Å². The number of carbonyl (C=O) groups excluding carboxylic acids is 1. The molecule has 1 aliphatic rings. The second-order valence-corrected chi connectivity index (χ2v) is 8.55. The van der Waals surface area contributed by atoms with Crippen molar-refractivity contribution in [2.45, 2.75) is 12.9 Å². The van der Waals surface area contributed by atoms with E-state index in [1.54, 1.807) is 24.4 Å². The van der Waals surface area contributed by atoms with Gasteiger partial charge in [0.1, 0.15) is 5.75 Å². The van der Waals surface area contributed by atoms with Crippen molar-refractivity contribution in [3.8, 4) is 17.1 Å². The Morgan fingerprint density at radius 1 is 1.17 bits per heavy atom. The fraction of sp³-hybridized carbons (Fsp3) is 0.273. The minimum absolute atomic E-state index is 0.153. The second-order valence-electron chi connectivity index (χ2n) is 7.69. The van der Waals surface area contributed by atoms with Gasteiger partial charge >= 0.3 is 6.36 Å². The Bertz CT molecular complexity index is 1350. The average molecular weight is 504 g/mol. The monoisotopic (exact) mass is 504 g/mol. The van der Waals surface area contributed by atoms with Crippen molar-refractivity contribution in [2.75, 3.05) is 31.6 Å². The van der Waals surface area contributed by atoms with Crippen LogP contribution in [0.1, 0.15) is 16.1 Å². The summed E-state index contributed by atoms with van der Waals surface area (Å²) in [5.74, 6) is -0.653. The number of hydrogen-bond acceptors (Lipinski definition) is 8. The molecule has 4 heterocycles. The van der Waals surface area contributed by atoms with E-state index in [4.69, 9.17) is 4.74 Å². The number of fused-ring (bicyclic) bond motifs is 1. The maximum absolute atomic E-state index is 13.0. The van der Waals surface area contributed by atoms with Crippen LogP contribution in [-0.4, -0.2) is 63.1 Å². The number of anilines is 1. The van der Waals surface area contributed by atoms with Gasteiger partial charge in [-0.3, -0.25) is 15.0 Å². The minimum Gasteiger partial charge on any atom is -0.406 e. The van der Waals surface area contributed by atoms with Crippen LogP contribution in [0.3, 0.4) is 0 Å². The predicted molar refractivity (Wildman–Crippen MR) is 121 cm³/mol. The number of nitrogens with zero attached hydrogens (tertiary/aromatic N) is 5. The molecule has 4 aromatic rings. The van der Waals surface area contributed by atoms with Crippen LogP contribution in [0.25, 0.3) is 17.0 Å². The Morgan fingerprint density at radius 3 is 2.80 bits per heavy atom. The maximum Gasteiger partial charge on any atom is 0.573 e. The second kappa shape index (κ2) is 9.60. The largest absolute Gasteiger partial charge is 0.573 e. The highest BCUT2D eigenvalue weighted by Crippen LogP contribution is 2.27. The summed E-state index contributed by atoms with van der Waals surface area (Å²) in [4.78, 5) is 24.1. The first-order valence-electron chi connectivity index (χ1n) is 10.6. The molecule has 182 valence electrons. The van der Waals surface area contributed by atoms with Crippen LogP contribution in [0, 0.1) is 0 Å². The van der Waals surface area contributed by atoms with Gasteiger partial charge in [0.25, 0.3) is 5.91 Å². The van der Waals surface area contributed by atoms with Crippen LogP contribution < -0.4 is 10.1 Å². The molecule has 0 atom stereocenters. The van der Waals surface area contributed by atoms with Gasteiger partial charge in [-0.1, -0.05) is 12.1 Å². The van der Waals surface area contributed by atoms with E-state index in [0.717, 1.165) is 18.8 Å². The minimum atomic E-state index is -4.81. The number of aromatic nitrogens is 4. The zero-order valence-corrected chi connectivity index (χ0v) is 19.0. The third-order valence-electron chi connectivity index (χ3n) is 5.19. The van der Waals surface area contributed by atoms with E-state index in [1.807, 2.05) is 5.38 Å². The Hall–Kier alpha value is -3.55. The number of amides is 1. The molecule has 0 aliphatic carbocycles. The molecule has 3 aromatic heterocycles. The molecule has 1 saturated heterocycles. The number of rotatable bonds is 6. The zero-order chi connectivity index (χ0) is 24.4. The van der Waals surface area contributed by atoms with Crippen LogP contribution in [0.4, 0.5) is 18.3 Å². The summed E-state index contributed by atoms with van der Waals surface area (Å²) in [7, 11) is 0. The third kappa shape index (κ3) is 5.58. The topological polar surface area (TPSA) is 93.9 Å². The predicted octanol–water partition coefficient (Wildman–Crippen LogP) is 3.84. The first-order valence-corrected chi connectivity index (χ1v) is 11.5. The summed E-state index contributed by atoms with van der Waals surface area (Å²) in [6, 6.07) is 8.57. The van der Waals surface area contributed by atoms with E-state index in [2.05, 4.69) is 30.0 Å². The lowest BCUT2D eigenvalue weighted by molar-refractivity contribution is -0.274. The number of ether oxygens (including phenoxy) is 2.